The quantitative estimate of drug-likeness (QED) is 0.804. The van der Waals surface area contributed by atoms with E-state index in [1.54, 1.807) is 18.0 Å². The zero-order valence-corrected chi connectivity index (χ0v) is 14.6. The normalized spacial score (nSPS) is 13.4. The third kappa shape index (κ3) is 5.57. The highest BCUT2D eigenvalue weighted by atomic mass is 35.5. The highest BCUT2D eigenvalue weighted by Crippen LogP contribution is 2.27. The predicted molar refractivity (Wildman–Crippen MR) is 95.2 cm³/mol. The van der Waals surface area contributed by atoms with Crippen molar-refractivity contribution in [2.75, 3.05) is 18.4 Å². The first-order chi connectivity index (χ1) is 10.7. The number of rotatable bonds is 7. The van der Waals surface area contributed by atoms with Crippen LogP contribution < -0.4 is 10.6 Å². The number of nitrogens with one attached hydrogen (secondary N) is 2. The Morgan fingerprint density at radius 2 is 2.09 bits per heavy atom. The summed E-state index contributed by atoms with van der Waals surface area (Å²) in [5.74, 6) is 0.792. The SMILES string of the molecule is Cl.Cn1ccnc1Sc1ccc(NC(=O)CNCC2CC2)cc1. The molecule has 3 rings (SSSR count). The van der Waals surface area contributed by atoms with E-state index in [9.17, 15) is 4.79 Å². The van der Waals surface area contributed by atoms with Crippen LogP contribution in [0.4, 0.5) is 5.69 Å². The van der Waals surface area contributed by atoms with Crippen LogP contribution in [0.5, 0.6) is 0 Å². The third-order valence-electron chi connectivity index (χ3n) is 3.54. The molecule has 1 amide bonds. The fraction of sp³-hybridized carbons (Fsp3) is 0.375. The molecule has 0 radical (unpaired) electrons. The Morgan fingerprint density at radius 1 is 1.35 bits per heavy atom. The van der Waals surface area contributed by atoms with Crippen molar-refractivity contribution < 1.29 is 4.79 Å². The van der Waals surface area contributed by atoms with Gasteiger partial charge in [0.25, 0.3) is 0 Å². The summed E-state index contributed by atoms with van der Waals surface area (Å²) < 4.78 is 1.98. The predicted octanol–water partition coefficient (Wildman–Crippen LogP) is 2.93. The summed E-state index contributed by atoms with van der Waals surface area (Å²) in [6.45, 7) is 1.33. The van der Waals surface area contributed by atoms with Gasteiger partial charge in [-0.3, -0.25) is 4.79 Å². The van der Waals surface area contributed by atoms with Gasteiger partial charge in [0.05, 0.1) is 6.54 Å². The van der Waals surface area contributed by atoms with E-state index in [0.717, 1.165) is 28.2 Å². The molecule has 124 valence electrons. The van der Waals surface area contributed by atoms with E-state index in [0.29, 0.717) is 6.54 Å². The molecule has 2 N–H and O–H groups in total. The van der Waals surface area contributed by atoms with Gasteiger partial charge < -0.3 is 15.2 Å². The Morgan fingerprint density at radius 3 is 2.70 bits per heavy atom. The Balaban J connectivity index is 0.00000192. The minimum Gasteiger partial charge on any atom is -0.329 e. The van der Waals surface area contributed by atoms with Crippen LogP contribution in [-0.2, 0) is 11.8 Å². The van der Waals surface area contributed by atoms with Crippen molar-refractivity contribution in [3.05, 3.63) is 36.7 Å². The minimum atomic E-state index is 0. The maximum Gasteiger partial charge on any atom is 0.238 e. The van der Waals surface area contributed by atoms with Crippen molar-refractivity contribution in [3.63, 3.8) is 0 Å². The van der Waals surface area contributed by atoms with Gasteiger partial charge in [-0.1, -0.05) is 11.8 Å². The first kappa shape index (κ1) is 17.8. The Bertz CT molecular complexity index is 640. The summed E-state index contributed by atoms with van der Waals surface area (Å²) in [5.41, 5.74) is 0.822. The average molecular weight is 353 g/mol. The number of carbonyl (C=O) groups is 1. The number of halogens is 1. The van der Waals surface area contributed by atoms with Gasteiger partial charge in [-0.25, -0.2) is 4.98 Å². The van der Waals surface area contributed by atoms with Gasteiger partial charge >= 0.3 is 0 Å². The fourth-order valence-electron chi connectivity index (χ4n) is 2.08. The summed E-state index contributed by atoms with van der Waals surface area (Å²) in [6.07, 6.45) is 6.30. The average Bonchev–Trinajstić information content (AvgIpc) is 3.24. The molecule has 0 aliphatic heterocycles. The van der Waals surface area contributed by atoms with Crippen LogP contribution in [0.15, 0.2) is 46.7 Å². The van der Waals surface area contributed by atoms with Crippen LogP contribution in [0.2, 0.25) is 0 Å². The van der Waals surface area contributed by atoms with E-state index >= 15 is 0 Å². The molecule has 1 aromatic heterocycles. The second-order valence-electron chi connectivity index (χ2n) is 5.57. The van der Waals surface area contributed by atoms with Gasteiger partial charge in [0.15, 0.2) is 5.16 Å². The van der Waals surface area contributed by atoms with Gasteiger partial charge in [0, 0.05) is 30.0 Å². The maximum atomic E-state index is 11.8. The van der Waals surface area contributed by atoms with Crippen LogP contribution in [0.25, 0.3) is 0 Å². The van der Waals surface area contributed by atoms with Crippen LogP contribution in [0, 0.1) is 5.92 Å². The second kappa shape index (κ2) is 8.38. The van der Waals surface area contributed by atoms with E-state index < -0.39 is 0 Å². The largest absolute Gasteiger partial charge is 0.329 e. The van der Waals surface area contributed by atoms with Crippen molar-refractivity contribution in [1.29, 1.82) is 0 Å². The summed E-state index contributed by atoms with van der Waals surface area (Å²) in [4.78, 5) is 17.2. The highest BCUT2D eigenvalue weighted by molar-refractivity contribution is 7.99. The topological polar surface area (TPSA) is 59.0 Å². The Labute approximate surface area is 146 Å². The highest BCUT2D eigenvalue weighted by Gasteiger charge is 2.20. The zero-order chi connectivity index (χ0) is 15.4. The van der Waals surface area contributed by atoms with Crippen molar-refractivity contribution in [2.45, 2.75) is 22.9 Å². The number of aryl methyl sites for hydroxylation is 1. The number of carbonyl (C=O) groups excluding carboxylic acids is 1. The summed E-state index contributed by atoms with van der Waals surface area (Å²) in [6, 6.07) is 7.83. The number of amides is 1. The molecule has 0 saturated heterocycles. The molecular weight excluding hydrogens is 332 g/mol. The number of nitrogens with zero attached hydrogens (tertiary/aromatic N) is 2. The third-order valence-corrected chi connectivity index (χ3v) is 4.62. The lowest BCUT2D eigenvalue weighted by Crippen LogP contribution is -2.29. The molecule has 23 heavy (non-hydrogen) atoms. The molecule has 1 heterocycles. The number of aromatic nitrogens is 2. The van der Waals surface area contributed by atoms with Crippen molar-refractivity contribution in [2.24, 2.45) is 13.0 Å². The molecule has 5 nitrogen and oxygen atoms in total. The van der Waals surface area contributed by atoms with Gasteiger partial charge in [-0.15, -0.1) is 12.4 Å². The number of hydrogen-bond donors (Lipinski definition) is 2. The van der Waals surface area contributed by atoms with Crippen molar-refractivity contribution in [3.8, 4) is 0 Å². The molecule has 0 bridgehead atoms. The molecule has 7 heteroatoms. The molecule has 1 saturated carbocycles. The second-order valence-corrected chi connectivity index (χ2v) is 6.61. The fourth-order valence-corrected chi connectivity index (χ4v) is 2.88. The molecule has 0 unspecified atom stereocenters. The zero-order valence-electron chi connectivity index (χ0n) is 13.0. The first-order valence-corrected chi connectivity index (χ1v) is 8.28. The standard InChI is InChI=1S/C16H20N4OS.ClH/c1-20-9-8-18-16(20)22-14-6-4-13(5-7-14)19-15(21)11-17-10-12-2-3-12;/h4-9,12,17H,2-3,10-11H2,1H3,(H,19,21);1H. The van der Waals surface area contributed by atoms with E-state index in [1.807, 2.05) is 42.1 Å². The molecule has 1 aliphatic carbocycles. The molecule has 1 aromatic carbocycles. The molecule has 0 atom stereocenters. The monoisotopic (exact) mass is 352 g/mol. The summed E-state index contributed by atoms with van der Waals surface area (Å²) in [5, 5.41) is 7.03. The molecule has 1 fully saturated rings. The summed E-state index contributed by atoms with van der Waals surface area (Å²) in [7, 11) is 1.97. The van der Waals surface area contributed by atoms with Crippen LogP contribution >= 0.6 is 24.2 Å². The van der Waals surface area contributed by atoms with Gasteiger partial charge in [-0.2, -0.15) is 0 Å². The van der Waals surface area contributed by atoms with Crippen LogP contribution in [0.1, 0.15) is 12.8 Å². The molecule has 0 spiro atoms. The lowest BCUT2D eigenvalue weighted by atomic mass is 10.3. The van der Waals surface area contributed by atoms with Crippen LogP contribution in [0.3, 0.4) is 0 Å². The van der Waals surface area contributed by atoms with E-state index in [2.05, 4.69) is 15.6 Å². The Kier molecular flexibility index (Phi) is 6.50. The lowest BCUT2D eigenvalue weighted by molar-refractivity contribution is -0.115. The number of anilines is 1. The number of benzene rings is 1. The van der Waals surface area contributed by atoms with Gasteiger partial charge in [0.2, 0.25) is 5.91 Å². The molecular formula is C16H21ClN4OS. The van der Waals surface area contributed by atoms with Crippen molar-refractivity contribution in [1.82, 2.24) is 14.9 Å². The van der Waals surface area contributed by atoms with Crippen molar-refractivity contribution >= 4 is 35.8 Å². The lowest BCUT2D eigenvalue weighted by Gasteiger charge is -2.07. The molecule has 1 aliphatic rings. The van der Waals surface area contributed by atoms with Gasteiger partial charge in [0.1, 0.15) is 0 Å². The number of hydrogen-bond acceptors (Lipinski definition) is 4. The van der Waals surface area contributed by atoms with Gasteiger partial charge in [-0.05, 0) is 49.6 Å². The molecule has 2 aromatic rings. The minimum absolute atomic E-state index is 0. The first-order valence-electron chi connectivity index (χ1n) is 7.46. The Hall–Kier alpha value is -1.50. The smallest absolute Gasteiger partial charge is 0.238 e. The maximum absolute atomic E-state index is 11.8. The van der Waals surface area contributed by atoms with E-state index in [1.165, 1.54) is 12.8 Å². The van der Waals surface area contributed by atoms with Crippen LogP contribution in [-0.4, -0.2) is 28.5 Å². The van der Waals surface area contributed by atoms with E-state index in [4.69, 9.17) is 0 Å². The summed E-state index contributed by atoms with van der Waals surface area (Å²) >= 11 is 1.60. The van der Waals surface area contributed by atoms with E-state index in [-0.39, 0.29) is 18.3 Å². The number of imidazole rings is 1.